The van der Waals surface area contributed by atoms with Crippen LogP contribution in [0.1, 0.15) is 18.1 Å². The van der Waals surface area contributed by atoms with Crippen LogP contribution < -0.4 is 5.32 Å². The van der Waals surface area contributed by atoms with Gasteiger partial charge in [0.15, 0.2) is 0 Å². The van der Waals surface area contributed by atoms with Crippen LogP contribution in [0, 0.1) is 10.1 Å². The minimum atomic E-state index is -0.466. The van der Waals surface area contributed by atoms with Crippen molar-refractivity contribution in [3.05, 3.63) is 68.7 Å². The zero-order chi connectivity index (χ0) is 14.5. The van der Waals surface area contributed by atoms with Crippen LogP contribution in [0.2, 0.25) is 5.02 Å². The number of nitrogens with zero attached hydrogens (tertiary/aromatic N) is 1. The first-order valence-corrected chi connectivity index (χ1v) is 6.74. The summed E-state index contributed by atoms with van der Waals surface area (Å²) in [5.74, 6) is 0. The molecule has 2 aromatic carbocycles. The van der Waals surface area contributed by atoms with Crippen molar-refractivity contribution in [3.8, 4) is 0 Å². The predicted octanol–water partition coefficient (Wildman–Crippen LogP) is 4.42. The Morgan fingerprint density at radius 1 is 1.25 bits per heavy atom. The lowest BCUT2D eigenvalue weighted by Crippen LogP contribution is -2.02. The van der Waals surface area contributed by atoms with Gasteiger partial charge in [0.25, 0.3) is 5.69 Å². The van der Waals surface area contributed by atoms with Crippen molar-refractivity contribution in [2.75, 3.05) is 5.32 Å². The fraction of sp³-hybridized carbons (Fsp3) is 0.200. The maximum atomic E-state index is 10.8. The minimum absolute atomic E-state index is 0.0604. The van der Waals surface area contributed by atoms with Crippen molar-refractivity contribution in [1.82, 2.24) is 0 Å². The molecule has 0 saturated carbocycles. The number of hydrogen-bond acceptors (Lipinski definition) is 3. The molecule has 0 bridgehead atoms. The fourth-order valence-corrected chi connectivity index (χ4v) is 2.19. The van der Waals surface area contributed by atoms with Gasteiger partial charge in [0.2, 0.25) is 0 Å². The van der Waals surface area contributed by atoms with Crippen molar-refractivity contribution >= 4 is 23.0 Å². The van der Waals surface area contributed by atoms with E-state index in [2.05, 4.69) is 18.3 Å². The monoisotopic (exact) mass is 290 g/mol. The standard InChI is InChI=1S/C15H15ClN2O2/c1-2-12-5-3-4-6-14(12)17-10-11-7-8-13(16)15(9-11)18(19)20/h3-9,17H,2,10H2,1H3. The highest BCUT2D eigenvalue weighted by molar-refractivity contribution is 6.32. The van der Waals surface area contributed by atoms with Gasteiger partial charge in [-0.05, 0) is 29.7 Å². The van der Waals surface area contributed by atoms with Crippen LogP contribution in [0.25, 0.3) is 0 Å². The molecule has 4 nitrogen and oxygen atoms in total. The summed E-state index contributed by atoms with van der Waals surface area (Å²) in [6.45, 7) is 2.61. The topological polar surface area (TPSA) is 55.2 Å². The van der Waals surface area contributed by atoms with Gasteiger partial charge in [-0.2, -0.15) is 0 Å². The second-order valence-corrected chi connectivity index (χ2v) is 4.81. The third-order valence-electron chi connectivity index (χ3n) is 3.09. The number of para-hydroxylation sites is 1. The van der Waals surface area contributed by atoms with Crippen LogP contribution in [0.15, 0.2) is 42.5 Å². The summed E-state index contributed by atoms with van der Waals surface area (Å²) in [5.41, 5.74) is 3.03. The molecule has 2 rings (SSSR count). The molecule has 0 spiro atoms. The number of hydrogen-bond donors (Lipinski definition) is 1. The lowest BCUT2D eigenvalue weighted by Gasteiger charge is -2.11. The Morgan fingerprint density at radius 3 is 2.70 bits per heavy atom. The van der Waals surface area contributed by atoms with Crippen LogP contribution in [0.3, 0.4) is 0 Å². The smallest absolute Gasteiger partial charge is 0.288 e. The Morgan fingerprint density at radius 2 is 2.00 bits per heavy atom. The van der Waals surface area contributed by atoms with Crippen LogP contribution >= 0.6 is 11.6 Å². The van der Waals surface area contributed by atoms with E-state index in [1.165, 1.54) is 11.6 Å². The van der Waals surface area contributed by atoms with Gasteiger partial charge >= 0.3 is 0 Å². The van der Waals surface area contributed by atoms with Gasteiger partial charge in [-0.1, -0.05) is 42.8 Å². The molecule has 0 unspecified atom stereocenters. The van der Waals surface area contributed by atoms with Crippen molar-refractivity contribution in [1.29, 1.82) is 0 Å². The van der Waals surface area contributed by atoms with E-state index in [4.69, 9.17) is 11.6 Å². The molecular weight excluding hydrogens is 276 g/mol. The van der Waals surface area contributed by atoms with Crippen LogP contribution in [-0.2, 0) is 13.0 Å². The SMILES string of the molecule is CCc1ccccc1NCc1ccc(Cl)c([N+](=O)[O-])c1. The average molecular weight is 291 g/mol. The summed E-state index contributed by atoms with van der Waals surface area (Å²) in [4.78, 5) is 10.4. The molecule has 104 valence electrons. The van der Waals surface area contributed by atoms with Crippen molar-refractivity contribution in [2.24, 2.45) is 0 Å². The van der Waals surface area contributed by atoms with E-state index in [9.17, 15) is 10.1 Å². The highest BCUT2D eigenvalue weighted by atomic mass is 35.5. The molecule has 0 aromatic heterocycles. The summed E-state index contributed by atoms with van der Waals surface area (Å²) in [5, 5.41) is 14.3. The first-order valence-electron chi connectivity index (χ1n) is 6.36. The van der Waals surface area contributed by atoms with Gasteiger partial charge in [-0.3, -0.25) is 10.1 Å². The lowest BCUT2D eigenvalue weighted by molar-refractivity contribution is -0.384. The molecule has 0 fully saturated rings. The van der Waals surface area contributed by atoms with Crippen molar-refractivity contribution in [2.45, 2.75) is 19.9 Å². The Hall–Kier alpha value is -2.07. The molecule has 0 atom stereocenters. The van der Waals surface area contributed by atoms with E-state index in [1.54, 1.807) is 12.1 Å². The Kier molecular flexibility index (Phi) is 4.58. The summed E-state index contributed by atoms with van der Waals surface area (Å²) in [6, 6.07) is 12.9. The number of nitro benzene ring substituents is 1. The Labute approximate surface area is 122 Å². The summed E-state index contributed by atoms with van der Waals surface area (Å²) in [7, 11) is 0. The Balaban J connectivity index is 2.15. The second-order valence-electron chi connectivity index (χ2n) is 4.41. The largest absolute Gasteiger partial charge is 0.381 e. The van der Waals surface area contributed by atoms with E-state index in [-0.39, 0.29) is 10.7 Å². The molecule has 2 aromatic rings. The molecule has 20 heavy (non-hydrogen) atoms. The molecule has 0 saturated heterocycles. The van der Waals surface area contributed by atoms with Crippen LogP contribution in [0.4, 0.5) is 11.4 Å². The number of halogens is 1. The van der Waals surface area contributed by atoms with Gasteiger partial charge in [0.1, 0.15) is 5.02 Å². The first kappa shape index (κ1) is 14.3. The number of anilines is 1. The van der Waals surface area contributed by atoms with E-state index >= 15 is 0 Å². The first-order chi connectivity index (χ1) is 9.61. The highest BCUT2D eigenvalue weighted by Crippen LogP contribution is 2.25. The van der Waals surface area contributed by atoms with Gasteiger partial charge in [-0.15, -0.1) is 0 Å². The molecule has 0 aliphatic heterocycles. The minimum Gasteiger partial charge on any atom is -0.381 e. The molecular formula is C15H15ClN2O2. The van der Waals surface area contributed by atoms with E-state index in [0.717, 1.165) is 17.7 Å². The number of benzene rings is 2. The normalized spacial score (nSPS) is 10.3. The van der Waals surface area contributed by atoms with Gasteiger partial charge < -0.3 is 5.32 Å². The summed E-state index contributed by atoms with van der Waals surface area (Å²) >= 11 is 5.79. The maximum Gasteiger partial charge on any atom is 0.288 e. The molecule has 5 heteroatoms. The molecule has 0 amide bonds. The summed E-state index contributed by atoms with van der Waals surface area (Å²) in [6.07, 6.45) is 0.934. The number of rotatable bonds is 5. The molecule has 0 aliphatic carbocycles. The lowest BCUT2D eigenvalue weighted by atomic mass is 10.1. The molecule has 0 heterocycles. The Bertz CT molecular complexity index is 629. The molecule has 1 N–H and O–H groups in total. The quantitative estimate of drug-likeness (QED) is 0.655. The van der Waals surface area contributed by atoms with Crippen molar-refractivity contribution in [3.63, 3.8) is 0 Å². The average Bonchev–Trinajstić information content (AvgIpc) is 2.46. The van der Waals surface area contributed by atoms with Gasteiger partial charge in [0, 0.05) is 18.3 Å². The predicted molar refractivity (Wildman–Crippen MR) is 81.3 cm³/mol. The van der Waals surface area contributed by atoms with Crippen LogP contribution in [-0.4, -0.2) is 4.92 Å². The van der Waals surface area contributed by atoms with E-state index in [0.29, 0.717) is 6.54 Å². The third kappa shape index (κ3) is 3.27. The van der Waals surface area contributed by atoms with E-state index in [1.807, 2.05) is 18.2 Å². The zero-order valence-corrected chi connectivity index (χ0v) is 11.9. The van der Waals surface area contributed by atoms with E-state index < -0.39 is 4.92 Å². The number of nitro groups is 1. The zero-order valence-electron chi connectivity index (χ0n) is 11.1. The third-order valence-corrected chi connectivity index (χ3v) is 3.41. The molecule has 0 aliphatic rings. The number of nitrogens with one attached hydrogen (secondary N) is 1. The highest BCUT2D eigenvalue weighted by Gasteiger charge is 2.12. The maximum absolute atomic E-state index is 10.8. The van der Waals surface area contributed by atoms with Gasteiger partial charge in [0.05, 0.1) is 4.92 Å². The molecule has 0 radical (unpaired) electrons. The van der Waals surface area contributed by atoms with Crippen molar-refractivity contribution < 1.29 is 4.92 Å². The fourth-order valence-electron chi connectivity index (χ4n) is 2.01. The van der Waals surface area contributed by atoms with Gasteiger partial charge in [-0.25, -0.2) is 0 Å². The van der Waals surface area contributed by atoms with Crippen LogP contribution in [0.5, 0.6) is 0 Å². The second kappa shape index (κ2) is 6.39. The number of aryl methyl sites for hydroxylation is 1. The summed E-state index contributed by atoms with van der Waals surface area (Å²) < 4.78 is 0.